The summed E-state index contributed by atoms with van der Waals surface area (Å²) in [4.78, 5) is 4.35. The Morgan fingerprint density at radius 2 is 1.86 bits per heavy atom. The van der Waals surface area contributed by atoms with E-state index in [0.29, 0.717) is 31.8 Å². The minimum Gasteiger partial charge on any atom is -0.356 e. The van der Waals surface area contributed by atoms with Gasteiger partial charge in [0, 0.05) is 25.9 Å². The van der Waals surface area contributed by atoms with E-state index < -0.39 is 21.9 Å². The van der Waals surface area contributed by atoms with Gasteiger partial charge in [-0.15, -0.1) is 24.0 Å². The Labute approximate surface area is 181 Å². The van der Waals surface area contributed by atoms with Gasteiger partial charge >= 0.3 is 6.18 Å². The summed E-state index contributed by atoms with van der Waals surface area (Å²) < 4.78 is 61.7. The van der Waals surface area contributed by atoms with Gasteiger partial charge in [-0.2, -0.15) is 13.2 Å². The fraction of sp³-hybridized carbons (Fsp3) is 0.611. The third-order valence-electron chi connectivity index (χ3n) is 4.76. The number of rotatable bonds is 5. The van der Waals surface area contributed by atoms with Gasteiger partial charge in [0.05, 0.1) is 10.8 Å². The summed E-state index contributed by atoms with van der Waals surface area (Å²) in [5.41, 5.74) is 0.958. The van der Waals surface area contributed by atoms with E-state index in [-0.39, 0.29) is 47.8 Å². The highest BCUT2D eigenvalue weighted by atomic mass is 127. The lowest BCUT2D eigenvalue weighted by atomic mass is 9.85. The molecule has 0 aliphatic heterocycles. The molecule has 0 heterocycles. The molecule has 2 rings (SSSR count). The third kappa shape index (κ3) is 7.76. The van der Waals surface area contributed by atoms with Crippen LogP contribution < -0.4 is 10.6 Å². The van der Waals surface area contributed by atoms with Crippen LogP contribution in [0.15, 0.2) is 34.2 Å². The number of sulfone groups is 1. The van der Waals surface area contributed by atoms with Crippen molar-refractivity contribution in [3.63, 3.8) is 0 Å². The van der Waals surface area contributed by atoms with E-state index >= 15 is 0 Å². The van der Waals surface area contributed by atoms with E-state index in [1.807, 2.05) is 0 Å². The highest BCUT2D eigenvalue weighted by molar-refractivity contribution is 14.0. The fourth-order valence-corrected chi connectivity index (χ4v) is 3.87. The van der Waals surface area contributed by atoms with Crippen molar-refractivity contribution >= 4 is 39.8 Å². The number of aliphatic imine (C=N–C) groups is 1. The quantitative estimate of drug-likeness (QED) is 0.345. The van der Waals surface area contributed by atoms with Gasteiger partial charge in [0.15, 0.2) is 15.8 Å². The summed E-state index contributed by atoms with van der Waals surface area (Å²) in [6, 6.07) is 6.39. The molecule has 1 aromatic rings. The van der Waals surface area contributed by atoms with Gasteiger partial charge in [-0.25, -0.2) is 8.42 Å². The van der Waals surface area contributed by atoms with Gasteiger partial charge in [0.2, 0.25) is 0 Å². The summed E-state index contributed by atoms with van der Waals surface area (Å²) in [7, 11) is -1.63. The second kappa shape index (κ2) is 10.7. The monoisotopic (exact) mass is 533 g/mol. The van der Waals surface area contributed by atoms with Gasteiger partial charge in [0.1, 0.15) is 0 Å². The van der Waals surface area contributed by atoms with Crippen LogP contribution in [0.1, 0.15) is 31.2 Å². The van der Waals surface area contributed by atoms with E-state index in [9.17, 15) is 21.6 Å². The molecular weight excluding hydrogens is 506 g/mol. The first kappa shape index (κ1) is 25.0. The molecule has 0 bridgehead atoms. The number of benzene rings is 1. The molecule has 160 valence electrons. The second-order valence-electron chi connectivity index (χ2n) is 6.91. The zero-order valence-corrected chi connectivity index (χ0v) is 19.1. The van der Waals surface area contributed by atoms with Gasteiger partial charge in [-0.05, 0) is 43.4 Å². The summed E-state index contributed by atoms with van der Waals surface area (Å²) >= 11 is 0. The van der Waals surface area contributed by atoms with Crippen LogP contribution in [0, 0.1) is 5.92 Å². The normalized spacial score (nSPS) is 21.0. The number of alkyl halides is 3. The highest BCUT2D eigenvalue weighted by Gasteiger charge is 2.42. The van der Waals surface area contributed by atoms with E-state index in [1.54, 1.807) is 31.3 Å². The van der Waals surface area contributed by atoms with Crippen LogP contribution in [0.25, 0.3) is 0 Å². The summed E-state index contributed by atoms with van der Waals surface area (Å²) in [5.74, 6) is -0.772. The second-order valence-corrected chi connectivity index (χ2v) is 8.93. The Kier molecular flexibility index (Phi) is 9.51. The lowest BCUT2D eigenvalue weighted by molar-refractivity contribution is -0.183. The molecule has 28 heavy (non-hydrogen) atoms. The number of guanidine groups is 1. The first-order chi connectivity index (χ1) is 12.6. The Morgan fingerprint density at radius 1 is 1.21 bits per heavy atom. The zero-order valence-electron chi connectivity index (χ0n) is 15.9. The third-order valence-corrected chi connectivity index (χ3v) is 5.89. The van der Waals surface area contributed by atoms with Crippen molar-refractivity contribution in [3.05, 3.63) is 29.8 Å². The van der Waals surface area contributed by atoms with Crippen LogP contribution >= 0.6 is 24.0 Å². The van der Waals surface area contributed by atoms with Crippen LogP contribution in [0.2, 0.25) is 0 Å². The standard InChI is InChI=1S/C18H26F3N3O2S.HI/c1-22-17(24-15-5-3-4-14(12-15)18(19,20)21)23-11-10-13-6-8-16(9-7-13)27(2,25)26;/h6-9,14-15H,3-5,10-12H2,1-2H3,(H2,22,23,24);1H. The SMILES string of the molecule is CN=C(NCCc1ccc(S(C)(=O)=O)cc1)NC1CCCC(C(F)(F)F)C1.I. The molecule has 2 unspecified atom stereocenters. The number of nitrogens with zero attached hydrogens (tertiary/aromatic N) is 1. The smallest absolute Gasteiger partial charge is 0.356 e. The minimum absolute atomic E-state index is 0. The fourth-order valence-electron chi connectivity index (χ4n) is 3.23. The van der Waals surface area contributed by atoms with Crippen LogP contribution in [0.3, 0.4) is 0 Å². The van der Waals surface area contributed by atoms with Crippen molar-refractivity contribution in [2.75, 3.05) is 19.8 Å². The molecule has 1 fully saturated rings. The van der Waals surface area contributed by atoms with Gasteiger partial charge in [0.25, 0.3) is 0 Å². The Balaban J connectivity index is 0.00000392. The first-order valence-electron chi connectivity index (χ1n) is 8.92. The highest BCUT2D eigenvalue weighted by Crippen LogP contribution is 2.37. The molecule has 5 nitrogen and oxygen atoms in total. The van der Waals surface area contributed by atoms with Crippen LogP contribution in [0.5, 0.6) is 0 Å². The summed E-state index contributed by atoms with van der Waals surface area (Å²) in [6.45, 7) is 0.535. The van der Waals surface area contributed by atoms with E-state index in [0.717, 1.165) is 11.8 Å². The van der Waals surface area contributed by atoms with E-state index in [4.69, 9.17) is 0 Å². The molecule has 0 saturated heterocycles. The Morgan fingerprint density at radius 3 is 2.39 bits per heavy atom. The number of hydrogen-bond donors (Lipinski definition) is 2. The topological polar surface area (TPSA) is 70.6 Å². The maximum atomic E-state index is 12.9. The maximum Gasteiger partial charge on any atom is 0.391 e. The molecule has 1 aliphatic carbocycles. The van der Waals surface area contributed by atoms with Gasteiger partial charge in [-0.1, -0.05) is 18.6 Å². The van der Waals surface area contributed by atoms with Gasteiger partial charge in [-0.3, -0.25) is 4.99 Å². The first-order valence-corrected chi connectivity index (χ1v) is 10.8. The van der Waals surface area contributed by atoms with Crippen LogP contribution in [0.4, 0.5) is 13.2 Å². The molecule has 10 heteroatoms. The zero-order chi connectivity index (χ0) is 20.1. The molecule has 0 amide bonds. The largest absolute Gasteiger partial charge is 0.391 e. The average Bonchev–Trinajstić information content (AvgIpc) is 2.60. The number of hydrogen-bond acceptors (Lipinski definition) is 3. The van der Waals surface area contributed by atoms with Crippen LogP contribution in [-0.2, 0) is 16.3 Å². The van der Waals surface area contributed by atoms with Crippen molar-refractivity contribution in [1.29, 1.82) is 0 Å². The van der Waals surface area contributed by atoms with Gasteiger partial charge < -0.3 is 10.6 Å². The average molecular weight is 533 g/mol. The van der Waals surface area contributed by atoms with Crippen molar-refractivity contribution in [2.45, 2.75) is 49.2 Å². The Bertz CT molecular complexity index is 752. The summed E-state index contributed by atoms with van der Waals surface area (Å²) in [6.07, 6.45) is -0.843. The number of nitrogens with one attached hydrogen (secondary N) is 2. The van der Waals surface area contributed by atoms with E-state index in [2.05, 4.69) is 15.6 Å². The predicted molar refractivity (Wildman–Crippen MR) is 115 cm³/mol. The molecule has 2 N–H and O–H groups in total. The molecule has 1 aromatic carbocycles. The Hall–Kier alpha value is -1.04. The lowest BCUT2D eigenvalue weighted by Gasteiger charge is -2.31. The molecule has 0 spiro atoms. The van der Waals surface area contributed by atoms with Crippen molar-refractivity contribution < 1.29 is 21.6 Å². The minimum atomic E-state index is -4.14. The molecule has 0 aromatic heterocycles. The molecule has 0 radical (unpaired) electrons. The molecule has 1 aliphatic rings. The molecule has 2 atom stereocenters. The van der Waals surface area contributed by atoms with Crippen molar-refractivity contribution in [3.8, 4) is 0 Å². The van der Waals surface area contributed by atoms with E-state index in [1.165, 1.54) is 0 Å². The molecular formula is C18H27F3IN3O2S. The lowest BCUT2D eigenvalue weighted by Crippen LogP contribution is -2.47. The maximum absolute atomic E-state index is 12.9. The van der Waals surface area contributed by atoms with Crippen molar-refractivity contribution in [1.82, 2.24) is 10.6 Å². The summed E-state index contributed by atoms with van der Waals surface area (Å²) in [5, 5.41) is 6.19. The number of halogens is 4. The van der Waals surface area contributed by atoms with Crippen molar-refractivity contribution in [2.24, 2.45) is 10.9 Å². The van der Waals surface area contributed by atoms with Crippen LogP contribution in [-0.4, -0.2) is 46.4 Å². The molecule has 1 saturated carbocycles. The predicted octanol–water partition coefficient (Wildman–Crippen LogP) is 3.54.